The third-order valence-corrected chi connectivity index (χ3v) is 5.31. The average Bonchev–Trinajstić information content (AvgIpc) is 2.81. The topological polar surface area (TPSA) is 42.9 Å². The number of benzene rings is 2. The fourth-order valence-corrected chi connectivity index (χ4v) is 3.63. The van der Waals surface area contributed by atoms with Crippen LogP contribution in [0.4, 0.5) is 0 Å². The van der Waals surface area contributed by atoms with E-state index in [9.17, 15) is 4.79 Å². The van der Waals surface area contributed by atoms with Gasteiger partial charge < -0.3 is 0 Å². The number of carbonyl (C=O) groups excluding carboxylic acids is 1. The van der Waals surface area contributed by atoms with Crippen molar-refractivity contribution >= 4 is 11.9 Å². The molecule has 0 radical (unpaired) electrons. The summed E-state index contributed by atoms with van der Waals surface area (Å²) in [6.07, 6.45) is 7.25. The maximum absolute atomic E-state index is 13.1. The number of hydrogen-bond donors (Lipinski definition) is 0. The van der Waals surface area contributed by atoms with Gasteiger partial charge in [-0.3, -0.25) is 14.8 Å². The normalized spacial score (nSPS) is 10.6. The average molecular weight is 390 g/mol. The minimum atomic E-state index is -0.00534. The first-order valence-electron chi connectivity index (χ1n) is 9.87. The third kappa shape index (κ3) is 3.96. The molecule has 2 aromatic carbocycles. The van der Waals surface area contributed by atoms with Crippen molar-refractivity contribution in [2.45, 2.75) is 13.3 Å². The molecule has 4 rings (SSSR count). The SMILES string of the molecule is C=Cc1cnc(C(=O)Cc2cccc(-c3ccccc3)c2C)cc1-c1ccncc1. The standard InChI is InChI=1S/C27H22N2O/c1-3-20-18-29-26(17-25(20)22-12-14-28-15-13-22)27(30)16-23-10-7-11-24(19(23)2)21-8-5-4-6-9-21/h3-15,17-18H,1,16H2,2H3. The number of Topliss-reactive ketones (excluding diaryl/α,β-unsaturated/α-hetero) is 1. The molecule has 0 amide bonds. The molecule has 0 atom stereocenters. The Morgan fingerprint density at radius 1 is 0.933 bits per heavy atom. The summed E-state index contributed by atoms with van der Waals surface area (Å²) >= 11 is 0. The molecule has 2 heterocycles. The monoisotopic (exact) mass is 390 g/mol. The number of pyridine rings is 2. The van der Waals surface area contributed by atoms with Crippen LogP contribution in [0.3, 0.4) is 0 Å². The molecular formula is C27H22N2O. The van der Waals surface area contributed by atoms with Crippen LogP contribution in [-0.4, -0.2) is 15.8 Å². The minimum Gasteiger partial charge on any atom is -0.292 e. The van der Waals surface area contributed by atoms with E-state index < -0.39 is 0 Å². The highest BCUT2D eigenvalue weighted by atomic mass is 16.1. The van der Waals surface area contributed by atoms with Gasteiger partial charge in [0, 0.05) is 30.6 Å². The Morgan fingerprint density at radius 2 is 1.67 bits per heavy atom. The van der Waals surface area contributed by atoms with E-state index >= 15 is 0 Å². The zero-order valence-electron chi connectivity index (χ0n) is 16.9. The molecule has 3 heteroatoms. The van der Waals surface area contributed by atoms with Crippen molar-refractivity contribution in [1.29, 1.82) is 0 Å². The Hall–Kier alpha value is -3.85. The molecule has 0 saturated heterocycles. The van der Waals surface area contributed by atoms with Crippen LogP contribution >= 0.6 is 0 Å². The number of ketones is 1. The van der Waals surface area contributed by atoms with Crippen LogP contribution in [0.5, 0.6) is 0 Å². The van der Waals surface area contributed by atoms with Gasteiger partial charge in [-0.05, 0) is 58.5 Å². The lowest BCUT2D eigenvalue weighted by Crippen LogP contribution is -2.08. The number of carbonyl (C=O) groups is 1. The predicted molar refractivity (Wildman–Crippen MR) is 122 cm³/mol. The van der Waals surface area contributed by atoms with Gasteiger partial charge in [-0.2, -0.15) is 0 Å². The van der Waals surface area contributed by atoms with E-state index in [1.165, 1.54) is 0 Å². The van der Waals surface area contributed by atoms with Crippen molar-refractivity contribution < 1.29 is 4.79 Å². The largest absolute Gasteiger partial charge is 0.292 e. The number of aromatic nitrogens is 2. The number of rotatable bonds is 6. The van der Waals surface area contributed by atoms with Crippen molar-refractivity contribution in [2.75, 3.05) is 0 Å². The van der Waals surface area contributed by atoms with Crippen molar-refractivity contribution in [3.8, 4) is 22.3 Å². The molecule has 3 nitrogen and oxygen atoms in total. The molecule has 0 saturated carbocycles. The van der Waals surface area contributed by atoms with Gasteiger partial charge in [0.1, 0.15) is 5.69 Å². The summed E-state index contributed by atoms with van der Waals surface area (Å²) in [6, 6.07) is 22.0. The molecule has 0 spiro atoms. The first-order chi connectivity index (χ1) is 14.7. The maximum atomic E-state index is 13.1. The summed E-state index contributed by atoms with van der Waals surface area (Å²) in [5.41, 5.74) is 7.69. The van der Waals surface area contributed by atoms with E-state index in [1.54, 1.807) is 24.7 Å². The summed E-state index contributed by atoms with van der Waals surface area (Å²) in [5, 5.41) is 0. The quantitative estimate of drug-likeness (QED) is 0.369. The van der Waals surface area contributed by atoms with E-state index in [0.29, 0.717) is 12.1 Å². The Morgan fingerprint density at radius 3 is 2.40 bits per heavy atom. The smallest absolute Gasteiger partial charge is 0.185 e. The lowest BCUT2D eigenvalue weighted by Gasteiger charge is -2.12. The van der Waals surface area contributed by atoms with Crippen LogP contribution in [0, 0.1) is 6.92 Å². The Bertz CT molecular complexity index is 1200. The Balaban J connectivity index is 1.66. The zero-order valence-corrected chi connectivity index (χ0v) is 16.9. The summed E-state index contributed by atoms with van der Waals surface area (Å²) in [4.78, 5) is 21.6. The molecule has 0 fully saturated rings. The fourth-order valence-electron chi connectivity index (χ4n) is 3.63. The summed E-state index contributed by atoms with van der Waals surface area (Å²) in [7, 11) is 0. The Kier molecular flexibility index (Phi) is 5.62. The van der Waals surface area contributed by atoms with Gasteiger partial charge in [0.2, 0.25) is 0 Å². The van der Waals surface area contributed by atoms with Gasteiger partial charge in [0.25, 0.3) is 0 Å². The van der Waals surface area contributed by atoms with Crippen molar-refractivity contribution in [3.05, 3.63) is 114 Å². The van der Waals surface area contributed by atoms with Gasteiger partial charge in [-0.15, -0.1) is 0 Å². The summed E-state index contributed by atoms with van der Waals surface area (Å²) in [6.45, 7) is 5.94. The highest BCUT2D eigenvalue weighted by Crippen LogP contribution is 2.28. The van der Waals surface area contributed by atoms with Gasteiger partial charge in [0.15, 0.2) is 5.78 Å². The van der Waals surface area contributed by atoms with Crippen LogP contribution in [0.1, 0.15) is 27.2 Å². The Labute approximate surface area is 176 Å². The molecule has 4 aromatic rings. The molecule has 2 aromatic heterocycles. The van der Waals surface area contributed by atoms with Crippen molar-refractivity contribution in [2.24, 2.45) is 0 Å². The molecule has 0 bridgehead atoms. The fraction of sp³-hybridized carbons (Fsp3) is 0.0741. The third-order valence-electron chi connectivity index (χ3n) is 5.31. The lowest BCUT2D eigenvalue weighted by molar-refractivity contribution is 0.0988. The highest BCUT2D eigenvalue weighted by Gasteiger charge is 2.15. The molecule has 0 unspecified atom stereocenters. The molecular weight excluding hydrogens is 368 g/mol. The molecule has 146 valence electrons. The van der Waals surface area contributed by atoms with Crippen LogP contribution < -0.4 is 0 Å². The number of nitrogens with zero attached hydrogens (tertiary/aromatic N) is 2. The van der Waals surface area contributed by atoms with Crippen molar-refractivity contribution in [3.63, 3.8) is 0 Å². The first-order valence-corrected chi connectivity index (χ1v) is 9.87. The second kappa shape index (κ2) is 8.66. The first kappa shape index (κ1) is 19.5. The predicted octanol–water partition coefficient (Wildman–Crippen LogP) is 6.19. The molecule has 0 N–H and O–H groups in total. The van der Waals surface area contributed by atoms with E-state index in [2.05, 4.69) is 41.7 Å². The lowest BCUT2D eigenvalue weighted by atomic mass is 9.93. The maximum Gasteiger partial charge on any atom is 0.185 e. The van der Waals surface area contributed by atoms with Crippen LogP contribution in [-0.2, 0) is 6.42 Å². The van der Waals surface area contributed by atoms with E-state index in [4.69, 9.17) is 0 Å². The van der Waals surface area contributed by atoms with Crippen LogP contribution in [0.25, 0.3) is 28.3 Å². The molecule has 0 aliphatic rings. The highest BCUT2D eigenvalue weighted by molar-refractivity contribution is 5.97. The van der Waals surface area contributed by atoms with Crippen LogP contribution in [0.2, 0.25) is 0 Å². The minimum absolute atomic E-state index is 0.00534. The molecule has 0 aliphatic heterocycles. The zero-order chi connectivity index (χ0) is 20.9. The number of hydrogen-bond acceptors (Lipinski definition) is 3. The van der Waals surface area contributed by atoms with Gasteiger partial charge in [-0.25, -0.2) is 0 Å². The van der Waals surface area contributed by atoms with Crippen LogP contribution in [0.15, 0.2) is 91.9 Å². The second-order valence-corrected chi connectivity index (χ2v) is 7.15. The van der Waals surface area contributed by atoms with E-state index in [0.717, 1.165) is 38.9 Å². The van der Waals surface area contributed by atoms with E-state index in [-0.39, 0.29) is 5.78 Å². The van der Waals surface area contributed by atoms with Crippen molar-refractivity contribution in [1.82, 2.24) is 9.97 Å². The van der Waals surface area contributed by atoms with Gasteiger partial charge in [0.05, 0.1) is 0 Å². The van der Waals surface area contributed by atoms with Gasteiger partial charge in [-0.1, -0.05) is 61.2 Å². The second-order valence-electron chi connectivity index (χ2n) is 7.15. The van der Waals surface area contributed by atoms with Gasteiger partial charge >= 0.3 is 0 Å². The molecule has 30 heavy (non-hydrogen) atoms. The summed E-state index contributed by atoms with van der Waals surface area (Å²) in [5.74, 6) is -0.00534. The van der Waals surface area contributed by atoms with E-state index in [1.807, 2.05) is 48.5 Å². The summed E-state index contributed by atoms with van der Waals surface area (Å²) < 4.78 is 0. The molecule has 0 aliphatic carbocycles.